The van der Waals surface area contributed by atoms with Gasteiger partial charge in [-0.1, -0.05) is 0 Å². The van der Waals surface area contributed by atoms with Gasteiger partial charge in [-0.2, -0.15) is 0 Å². The fourth-order valence-corrected chi connectivity index (χ4v) is 1.35. The molecule has 1 rings (SSSR count). The number of halogens is 4. The molecule has 0 unspecified atom stereocenters. The van der Waals surface area contributed by atoms with E-state index in [4.69, 9.17) is 11.6 Å². The Morgan fingerprint density at radius 1 is 1.59 bits per heavy atom. The molecule has 0 bridgehead atoms. The van der Waals surface area contributed by atoms with Gasteiger partial charge in [-0.25, -0.2) is 22.9 Å². The van der Waals surface area contributed by atoms with E-state index in [9.17, 15) is 18.0 Å². The molecule has 1 aromatic heterocycles. The number of aromatic nitrogens is 1. The van der Waals surface area contributed by atoms with Gasteiger partial charge in [0.25, 0.3) is 6.43 Å². The van der Waals surface area contributed by atoms with E-state index >= 15 is 0 Å². The van der Waals surface area contributed by atoms with E-state index in [1.165, 1.54) is 6.92 Å². The summed E-state index contributed by atoms with van der Waals surface area (Å²) in [6.45, 7) is 1.53. The highest BCUT2D eigenvalue weighted by molar-refractivity contribution is 6.16. The van der Waals surface area contributed by atoms with Gasteiger partial charge in [0.15, 0.2) is 5.69 Å². The van der Waals surface area contributed by atoms with Gasteiger partial charge < -0.3 is 4.74 Å². The van der Waals surface area contributed by atoms with Crippen molar-refractivity contribution in [2.24, 2.45) is 0 Å². The second-order valence-electron chi connectivity index (χ2n) is 3.01. The van der Waals surface area contributed by atoms with E-state index in [-0.39, 0.29) is 18.2 Å². The van der Waals surface area contributed by atoms with Crippen molar-refractivity contribution in [3.63, 3.8) is 0 Å². The number of ether oxygens (including phenoxy) is 1. The normalized spacial score (nSPS) is 10.7. The van der Waals surface area contributed by atoms with Crippen LogP contribution in [0.2, 0.25) is 0 Å². The Hall–Kier alpha value is -1.30. The molecule has 0 aliphatic rings. The zero-order valence-corrected chi connectivity index (χ0v) is 9.60. The number of rotatable bonds is 4. The number of carbonyl (C=O) groups excluding carboxylic acids is 1. The standard InChI is InChI=1S/C10H9ClF3NO2/c1-2-17-10(16)8-5(9(13)14)3-6(12)7(4-11)15-8/h3,9H,2,4H2,1H3. The third-order valence-corrected chi connectivity index (χ3v) is 2.16. The highest BCUT2D eigenvalue weighted by Gasteiger charge is 2.23. The summed E-state index contributed by atoms with van der Waals surface area (Å²) < 4.78 is 43.0. The lowest BCUT2D eigenvalue weighted by molar-refractivity contribution is 0.0507. The summed E-state index contributed by atoms with van der Waals surface area (Å²) in [4.78, 5) is 14.8. The van der Waals surface area contributed by atoms with Crippen LogP contribution in [0, 0.1) is 5.82 Å². The molecule has 1 heterocycles. The highest BCUT2D eigenvalue weighted by atomic mass is 35.5. The number of alkyl halides is 3. The Labute approximate surface area is 101 Å². The first-order valence-corrected chi connectivity index (χ1v) is 5.25. The van der Waals surface area contributed by atoms with E-state index in [0.29, 0.717) is 6.07 Å². The molecular formula is C10H9ClF3NO2. The summed E-state index contributed by atoms with van der Waals surface area (Å²) in [7, 11) is 0. The molecule has 0 saturated heterocycles. The van der Waals surface area contributed by atoms with Gasteiger partial charge in [0.05, 0.1) is 23.7 Å². The van der Waals surface area contributed by atoms with Crippen LogP contribution in [0.3, 0.4) is 0 Å². The Morgan fingerprint density at radius 2 is 2.24 bits per heavy atom. The van der Waals surface area contributed by atoms with Crippen LogP contribution in [-0.2, 0) is 10.6 Å². The van der Waals surface area contributed by atoms with Crippen molar-refractivity contribution < 1.29 is 22.7 Å². The van der Waals surface area contributed by atoms with Crippen molar-refractivity contribution in [3.05, 3.63) is 28.8 Å². The number of nitrogens with zero attached hydrogens (tertiary/aromatic N) is 1. The molecule has 0 aromatic carbocycles. The quantitative estimate of drug-likeness (QED) is 0.622. The lowest BCUT2D eigenvalue weighted by atomic mass is 10.1. The molecule has 0 spiro atoms. The summed E-state index contributed by atoms with van der Waals surface area (Å²) in [6.07, 6.45) is -3.01. The van der Waals surface area contributed by atoms with Gasteiger partial charge in [-0.15, -0.1) is 11.6 Å². The van der Waals surface area contributed by atoms with Crippen LogP contribution in [0.4, 0.5) is 13.2 Å². The van der Waals surface area contributed by atoms with Gasteiger partial charge in [-0.3, -0.25) is 0 Å². The third kappa shape index (κ3) is 3.09. The zero-order chi connectivity index (χ0) is 13.0. The lowest BCUT2D eigenvalue weighted by Gasteiger charge is -2.09. The molecule has 3 nitrogen and oxygen atoms in total. The predicted octanol–water partition coefficient (Wildman–Crippen LogP) is 3.07. The van der Waals surface area contributed by atoms with Crippen LogP contribution in [0.5, 0.6) is 0 Å². The number of hydrogen-bond donors (Lipinski definition) is 0. The van der Waals surface area contributed by atoms with Gasteiger partial charge in [0.1, 0.15) is 5.82 Å². The molecule has 17 heavy (non-hydrogen) atoms. The largest absolute Gasteiger partial charge is 0.461 e. The molecular weight excluding hydrogens is 259 g/mol. The monoisotopic (exact) mass is 267 g/mol. The molecule has 0 fully saturated rings. The van der Waals surface area contributed by atoms with Crippen molar-refractivity contribution in [1.82, 2.24) is 4.98 Å². The van der Waals surface area contributed by atoms with E-state index in [1.807, 2.05) is 0 Å². The van der Waals surface area contributed by atoms with E-state index in [2.05, 4.69) is 9.72 Å². The van der Waals surface area contributed by atoms with Crippen molar-refractivity contribution in [1.29, 1.82) is 0 Å². The molecule has 94 valence electrons. The number of esters is 1. The maximum atomic E-state index is 13.2. The highest BCUT2D eigenvalue weighted by Crippen LogP contribution is 2.25. The minimum atomic E-state index is -3.01. The van der Waals surface area contributed by atoms with Crippen molar-refractivity contribution in [3.8, 4) is 0 Å². The first-order chi connectivity index (χ1) is 8.01. The Bertz CT molecular complexity index is 426. The average Bonchev–Trinajstić information content (AvgIpc) is 2.28. The molecule has 0 saturated carbocycles. The summed E-state index contributed by atoms with van der Waals surface area (Å²) in [6, 6.07) is 0.557. The van der Waals surface area contributed by atoms with Crippen LogP contribution in [0.25, 0.3) is 0 Å². The SMILES string of the molecule is CCOC(=O)c1nc(CCl)c(F)cc1C(F)F. The van der Waals surface area contributed by atoms with Gasteiger partial charge in [0, 0.05) is 0 Å². The molecule has 7 heteroatoms. The average molecular weight is 268 g/mol. The molecule has 0 N–H and O–H groups in total. The molecule has 0 aliphatic carbocycles. The fourth-order valence-electron chi connectivity index (χ4n) is 1.16. The minimum Gasteiger partial charge on any atom is -0.461 e. The number of hydrogen-bond acceptors (Lipinski definition) is 3. The van der Waals surface area contributed by atoms with Crippen molar-refractivity contribution >= 4 is 17.6 Å². The second-order valence-corrected chi connectivity index (χ2v) is 3.28. The molecule has 0 radical (unpaired) electrons. The Morgan fingerprint density at radius 3 is 2.71 bits per heavy atom. The first-order valence-electron chi connectivity index (χ1n) is 4.71. The van der Waals surface area contributed by atoms with Crippen LogP contribution in [0.1, 0.15) is 35.1 Å². The van der Waals surface area contributed by atoms with Gasteiger partial charge in [-0.05, 0) is 13.0 Å². The summed E-state index contributed by atoms with van der Waals surface area (Å²) >= 11 is 5.38. The van der Waals surface area contributed by atoms with Crippen molar-refractivity contribution in [2.75, 3.05) is 6.61 Å². The molecule has 1 aromatic rings. The summed E-state index contributed by atoms with van der Waals surface area (Å²) in [5, 5.41) is 0. The summed E-state index contributed by atoms with van der Waals surface area (Å²) in [5.41, 5.74) is -1.66. The van der Waals surface area contributed by atoms with Crippen LogP contribution in [0.15, 0.2) is 6.07 Å². The lowest BCUT2D eigenvalue weighted by Crippen LogP contribution is -2.13. The second kappa shape index (κ2) is 5.86. The molecule has 0 atom stereocenters. The Kier molecular flexibility index (Phi) is 4.74. The van der Waals surface area contributed by atoms with Crippen LogP contribution < -0.4 is 0 Å². The van der Waals surface area contributed by atoms with Gasteiger partial charge in [0.2, 0.25) is 0 Å². The maximum absolute atomic E-state index is 13.2. The summed E-state index contributed by atoms with van der Waals surface area (Å²) in [5.74, 6) is -2.31. The Balaban J connectivity index is 3.28. The zero-order valence-electron chi connectivity index (χ0n) is 8.84. The van der Waals surface area contributed by atoms with E-state index in [1.54, 1.807) is 0 Å². The minimum absolute atomic E-state index is 0.0107. The third-order valence-electron chi connectivity index (χ3n) is 1.91. The number of pyridine rings is 1. The fraction of sp³-hybridized carbons (Fsp3) is 0.400. The van der Waals surface area contributed by atoms with E-state index < -0.39 is 29.5 Å². The molecule has 0 amide bonds. The van der Waals surface area contributed by atoms with E-state index in [0.717, 1.165) is 0 Å². The van der Waals surface area contributed by atoms with Gasteiger partial charge >= 0.3 is 5.97 Å². The smallest absolute Gasteiger partial charge is 0.357 e. The topological polar surface area (TPSA) is 39.2 Å². The van der Waals surface area contributed by atoms with Crippen molar-refractivity contribution in [2.45, 2.75) is 19.2 Å². The molecule has 0 aliphatic heterocycles. The van der Waals surface area contributed by atoms with Crippen LogP contribution >= 0.6 is 11.6 Å². The van der Waals surface area contributed by atoms with Crippen LogP contribution in [-0.4, -0.2) is 17.6 Å². The predicted molar refractivity (Wildman–Crippen MR) is 54.7 cm³/mol. The first kappa shape index (κ1) is 13.8. The maximum Gasteiger partial charge on any atom is 0.357 e. The number of carbonyl (C=O) groups is 1.